The summed E-state index contributed by atoms with van der Waals surface area (Å²) in [5, 5.41) is 0.839. The smallest absolute Gasteiger partial charge is 0.231 e. The van der Waals surface area contributed by atoms with Crippen molar-refractivity contribution in [2.45, 2.75) is 20.3 Å². The Labute approximate surface area is 112 Å². The van der Waals surface area contributed by atoms with E-state index in [1.54, 1.807) is 11.8 Å². The van der Waals surface area contributed by atoms with Gasteiger partial charge in [-0.15, -0.1) is 0 Å². The van der Waals surface area contributed by atoms with Crippen molar-refractivity contribution in [2.24, 2.45) is 10.9 Å². The molecule has 0 spiro atoms. The molecule has 0 saturated carbocycles. The minimum atomic E-state index is 0.0182. The highest BCUT2D eigenvalue weighted by molar-refractivity contribution is 8.13. The first-order chi connectivity index (χ1) is 8.68. The zero-order valence-electron chi connectivity index (χ0n) is 10.8. The number of thioether (sulfide) groups is 1. The Morgan fingerprint density at radius 2 is 2.06 bits per heavy atom. The molecule has 0 radical (unpaired) electrons. The molecule has 0 unspecified atom stereocenters. The van der Waals surface area contributed by atoms with E-state index in [-0.39, 0.29) is 11.8 Å². The maximum Gasteiger partial charge on any atom is 0.231 e. The molecule has 18 heavy (non-hydrogen) atoms. The molecule has 0 aliphatic carbocycles. The number of nitrogens with zero attached hydrogens (tertiary/aromatic N) is 2. The molecule has 0 atom stereocenters. The third kappa shape index (κ3) is 3.13. The molecule has 1 saturated heterocycles. The van der Waals surface area contributed by atoms with Gasteiger partial charge >= 0.3 is 0 Å². The number of para-hydroxylation sites is 1. The van der Waals surface area contributed by atoms with Crippen molar-refractivity contribution >= 4 is 28.5 Å². The van der Waals surface area contributed by atoms with Gasteiger partial charge in [-0.1, -0.05) is 43.8 Å². The quantitative estimate of drug-likeness (QED) is 0.819. The largest absolute Gasteiger partial charge is 0.291 e. The normalized spacial score (nSPS) is 18.4. The Morgan fingerprint density at radius 3 is 2.72 bits per heavy atom. The molecule has 3 nitrogen and oxygen atoms in total. The van der Waals surface area contributed by atoms with E-state index >= 15 is 0 Å². The summed E-state index contributed by atoms with van der Waals surface area (Å²) in [5.74, 6) is 1.22. The van der Waals surface area contributed by atoms with Crippen LogP contribution in [0.15, 0.2) is 35.3 Å². The molecule has 1 amide bonds. The van der Waals surface area contributed by atoms with Crippen molar-refractivity contribution in [1.29, 1.82) is 0 Å². The lowest BCUT2D eigenvalue weighted by molar-refractivity contribution is -0.130. The average molecular weight is 262 g/mol. The van der Waals surface area contributed by atoms with Crippen molar-refractivity contribution in [3.05, 3.63) is 30.3 Å². The van der Waals surface area contributed by atoms with E-state index in [1.165, 1.54) is 0 Å². The number of aliphatic imine (C=N–C) groups is 1. The second-order valence-electron chi connectivity index (χ2n) is 4.58. The van der Waals surface area contributed by atoms with Crippen molar-refractivity contribution in [3.8, 4) is 0 Å². The molecule has 1 heterocycles. The van der Waals surface area contributed by atoms with E-state index in [9.17, 15) is 4.79 Å². The van der Waals surface area contributed by atoms with Gasteiger partial charge in [0.05, 0.1) is 5.69 Å². The maximum absolute atomic E-state index is 12.1. The van der Waals surface area contributed by atoms with E-state index in [0.29, 0.717) is 0 Å². The Kier molecular flexibility index (Phi) is 4.42. The first-order valence-electron chi connectivity index (χ1n) is 6.26. The summed E-state index contributed by atoms with van der Waals surface area (Å²) in [6.07, 6.45) is 1.04. The topological polar surface area (TPSA) is 32.7 Å². The van der Waals surface area contributed by atoms with Crippen molar-refractivity contribution < 1.29 is 4.79 Å². The van der Waals surface area contributed by atoms with E-state index in [1.807, 2.05) is 49.1 Å². The van der Waals surface area contributed by atoms with E-state index in [0.717, 1.165) is 29.6 Å². The van der Waals surface area contributed by atoms with Crippen LogP contribution in [0.5, 0.6) is 0 Å². The minimum Gasteiger partial charge on any atom is -0.291 e. The Balaban J connectivity index is 2.23. The number of amides is 1. The zero-order valence-corrected chi connectivity index (χ0v) is 11.6. The number of benzene rings is 1. The second-order valence-corrected chi connectivity index (χ2v) is 5.64. The van der Waals surface area contributed by atoms with Crippen LogP contribution < -0.4 is 0 Å². The summed E-state index contributed by atoms with van der Waals surface area (Å²) in [6, 6.07) is 9.80. The van der Waals surface area contributed by atoms with Gasteiger partial charge in [0.25, 0.3) is 0 Å². The fraction of sp³-hybridized carbons (Fsp3) is 0.429. The maximum atomic E-state index is 12.1. The Bertz CT molecular complexity index is 442. The fourth-order valence-corrected chi connectivity index (χ4v) is 2.74. The molecule has 1 aliphatic heterocycles. The molecule has 2 rings (SSSR count). The van der Waals surface area contributed by atoms with Gasteiger partial charge in [-0.05, 0) is 18.6 Å². The molecule has 0 N–H and O–H groups in total. The van der Waals surface area contributed by atoms with Crippen LogP contribution in [0.4, 0.5) is 5.69 Å². The van der Waals surface area contributed by atoms with Gasteiger partial charge in [-0.25, -0.2) is 4.99 Å². The minimum absolute atomic E-state index is 0.0182. The molecule has 0 aromatic heterocycles. The van der Waals surface area contributed by atoms with Crippen LogP contribution in [-0.2, 0) is 4.79 Å². The van der Waals surface area contributed by atoms with Gasteiger partial charge in [0.1, 0.15) is 0 Å². The van der Waals surface area contributed by atoms with Gasteiger partial charge in [-0.3, -0.25) is 9.69 Å². The summed E-state index contributed by atoms with van der Waals surface area (Å²) in [4.78, 5) is 18.5. The summed E-state index contributed by atoms with van der Waals surface area (Å²) in [6.45, 7) is 4.65. The number of hydrogen-bond donors (Lipinski definition) is 0. The van der Waals surface area contributed by atoms with Gasteiger partial charge in [0, 0.05) is 18.2 Å². The SMILES string of the molecule is CC(C)C(=O)N1CCCSC1=Nc1ccccc1. The molecule has 1 fully saturated rings. The summed E-state index contributed by atoms with van der Waals surface area (Å²) in [7, 11) is 0. The lowest BCUT2D eigenvalue weighted by Gasteiger charge is -2.29. The highest BCUT2D eigenvalue weighted by Gasteiger charge is 2.25. The van der Waals surface area contributed by atoms with Crippen LogP contribution in [0.2, 0.25) is 0 Å². The predicted molar refractivity (Wildman–Crippen MR) is 77.2 cm³/mol. The lowest BCUT2D eigenvalue weighted by atomic mass is 10.2. The molecular weight excluding hydrogens is 244 g/mol. The first-order valence-corrected chi connectivity index (χ1v) is 7.25. The standard InChI is InChI=1S/C14H18N2OS/c1-11(2)13(17)16-9-6-10-18-14(16)15-12-7-4-3-5-8-12/h3-5,7-8,11H,6,9-10H2,1-2H3. The van der Waals surface area contributed by atoms with Gasteiger partial charge in [0.2, 0.25) is 5.91 Å². The third-order valence-corrected chi connectivity index (χ3v) is 3.79. The number of hydrogen-bond acceptors (Lipinski definition) is 3. The summed E-state index contributed by atoms with van der Waals surface area (Å²) < 4.78 is 0. The van der Waals surface area contributed by atoms with Gasteiger partial charge < -0.3 is 0 Å². The zero-order chi connectivity index (χ0) is 13.0. The predicted octanol–water partition coefficient (Wildman–Crippen LogP) is 3.30. The van der Waals surface area contributed by atoms with Gasteiger partial charge in [-0.2, -0.15) is 0 Å². The number of rotatable bonds is 2. The molecule has 0 bridgehead atoms. The van der Waals surface area contributed by atoms with Crippen LogP contribution in [-0.4, -0.2) is 28.3 Å². The average Bonchev–Trinajstić information content (AvgIpc) is 2.39. The van der Waals surface area contributed by atoms with E-state index < -0.39 is 0 Å². The molecule has 1 aromatic carbocycles. The molecule has 1 aliphatic rings. The van der Waals surface area contributed by atoms with Crippen molar-refractivity contribution in [3.63, 3.8) is 0 Å². The second kappa shape index (κ2) is 6.05. The number of amidine groups is 1. The van der Waals surface area contributed by atoms with Crippen LogP contribution >= 0.6 is 11.8 Å². The molecule has 4 heteroatoms. The molecule has 96 valence electrons. The van der Waals surface area contributed by atoms with Gasteiger partial charge in [0.15, 0.2) is 5.17 Å². The third-order valence-electron chi connectivity index (χ3n) is 2.73. The van der Waals surface area contributed by atoms with Crippen LogP contribution in [0.3, 0.4) is 0 Å². The van der Waals surface area contributed by atoms with Crippen LogP contribution in [0.1, 0.15) is 20.3 Å². The number of carbonyl (C=O) groups is 1. The van der Waals surface area contributed by atoms with Crippen molar-refractivity contribution in [2.75, 3.05) is 12.3 Å². The van der Waals surface area contributed by atoms with E-state index in [4.69, 9.17) is 0 Å². The van der Waals surface area contributed by atoms with Crippen LogP contribution in [0, 0.1) is 5.92 Å². The fourth-order valence-electron chi connectivity index (χ4n) is 1.78. The van der Waals surface area contributed by atoms with E-state index in [2.05, 4.69) is 4.99 Å². The first kappa shape index (κ1) is 13.1. The number of carbonyl (C=O) groups excluding carboxylic acids is 1. The monoisotopic (exact) mass is 262 g/mol. The van der Waals surface area contributed by atoms with Crippen LogP contribution in [0.25, 0.3) is 0 Å². The summed E-state index contributed by atoms with van der Waals surface area (Å²) >= 11 is 1.67. The Hall–Kier alpha value is -1.29. The molecule has 1 aromatic rings. The molecular formula is C14H18N2OS. The van der Waals surface area contributed by atoms with Crippen molar-refractivity contribution in [1.82, 2.24) is 4.90 Å². The highest BCUT2D eigenvalue weighted by atomic mass is 32.2. The summed E-state index contributed by atoms with van der Waals surface area (Å²) in [5.41, 5.74) is 0.906. The lowest BCUT2D eigenvalue weighted by Crippen LogP contribution is -2.41. The Morgan fingerprint density at radius 1 is 1.33 bits per heavy atom. The highest BCUT2D eigenvalue weighted by Crippen LogP contribution is 2.23.